The van der Waals surface area contributed by atoms with Crippen LogP contribution in [-0.4, -0.2) is 34.1 Å². The van der Waals surface area contributed by atoms with Crippen LogP contribution in [0.5, 0.6) is 0 Å². The van der Waals surface area contributed by atoms with Gasteiger partial charge in [-0.2, -0.15) is 13.2 Å². The van der Waals surface area contributed by atoms with Gasteiger partial charge in [-0.1, -0.05) is 0 Å². The first-order valence-electron chi connectivity index (χ1n) is 7.20. The Morgan fingerprint density at radius 3 is 2.79 bits per heavy atom. The molecule has 0 amide bonds. The molecular formula is C14H14F3N5O2. The normalized spacial score (nSPS) is 18.0. The van der Waals surface area contributed by atoms with Crippen molar-refractivity contribution in [3.05, 3.63) is 50.8 Å². The summed E-state index contributed by atoms with van der Waals surface area (Å²) in [4.78, 5) is 32.7. The highest BCUT2D eigenvalue weighted by atomic mass is 19.4. The molecule has 3 heterocycles. The molecule has 0 aliphatic carbocycles. The van der Waals surface area contributed by atoms with Crippen LogP contribution in [0, 0.1) is 0 Å². The first kappa shape index (κ1) is 16.1. The summed E-state index contributed by atoms with van der Waals surface area (Å²) in [7, 11) is 0. The van der Waals surface area contributed by atoms with Gasteiger partial charge in [0.05, 0.1) is 5.56 Å². The fraction of sp³-hybridized carbons (Fsp3) is 0.357. The first-order chi connectivity index (χ1) is 11.3. The van der Waals surface area contributed by atoms with Crippen LogP contribution in [0.1, 0.15) is 12.0 Å². The summed E-state index contributed by atoms with van der Waals surface area (Å²) in [5, 5.41) is 2.79. The Morgan fingerprint density at radius 2 is 2.08 bits per heavy atom. The van der Waals surface area contributed by atoms with Gasteiger partial charge in [-0.25, -0.2) is 9.78 Å². The summed E-state index contributed by atoms with van der Waals surface area (Å²) in [6.07, 6.45) is -2.66. The number of hydrogen-bond acceptors (Lipinski definition) is 5. The SMILES string of the molecule is O=c1cc(N2CC[C@@H](Nc3ncccc3C(F)(F)F)C2)[nH]c(=O)[nH]1. The van der Waals surface area contributed by atoms with Crippen LogP contribution in [0.2, 0.25) is 0 Å². The van der Waals surface area contributed by atoms with Crippen molar-refractivity contribution in [3.8, 4) is 0 Å². The smallest absolute Gasteiger partial charge is 0.365 e. The summed E-state index contributed by atoms with van der Waals surface area (Å²) in [5.74, 6) is 0.112. The van der Waals surface area contributed by atoms with E-state index >= 15 is 0 Å². The van der Waals surface area contributed by atoms with Crippen LogP contribution in [0.15, 0.2) is 34.0 Å². The number of anilines is 2. The number of aromatic nitrogens is 3. The van der Waals surface area contributed by atoms with Crippen LogP contribution < -0.4 is 21.5 Å². The maximum absolute atomic E-state index is 13.0. The zero-order valence-electron chi connectivity index (χ0n) is 12.4. The second-order valence-corrected chi connectivity index (χ2v) is 5.45. The predicted molar refractivity (Wildman–Crippen MR) is 81.2 cm³/mol. The zero-order valence-corrected chi connectivity index (χ0v) is 12.4. The van der Waals surface area contributed by atoms with E-state index in [1.165, 1.54) is 18.3 Å². The Hall–Kier alpha value is -2.78. The highest BCUT2D eigenvalue weighted by Crippen LogP contribution is 2.34. The Morgan fingerprint density at radius 1 is 1.29 bits per heavy atom. The lowest BCUT2D eigenvalue weighted by atomic mass is 10.2. The van der Waals surface area contributed by atoms with Gasteiger partial charge in [0.1, 0.15) is 11.6 Å². The van der Waals surface area contributed by atoms with Crippen LogP contribution in [0.4, 0.5) is 24.8 Å². The Bertz CT molecular complexity index is 817. The van der Waals surface area contributed by atoms with Crippen molar-refractivity contribution in [3.63, 3.8) is 0 Å². The van der Waals surface area contributed by atoms with Crippen molar-refractivity contribution >= 4 is 11.6 Å². The minimum atomic E-state index is -4.49. The van der Waals surface area contributed by atoms with Crippen molar-refractivity contribution < 1.29 is 13.2 Å². The van der Waals surface area contributed by atoms with Gasteiger partial charge in [-0.05, 0) is 18.6 Å². The molecule has 2 aromatic heterocycles. The second kappa shape index (κ2) is 6.02. The quantitative estimate of drug-likeness (QED) is 0.779. The number of rotatable bonds is 3. The monoisotopic (exact) mass is 341 g/mol. The van der Waals surface area contributed by atoms with Gasteiger partial charge in [0.2, 0.25) is 0 Å². The average molecular weight is 341 g/mol. The van der Waals surface area contributed by atoms with E-state index in [2.05, 4.69) is 20.3 Å². The number of pyridine rings is 1. The molecule has 1 aliphatic heterocycles. The van der Waals surface area contributed by atoms with Gasteiger partial charge in [0.15, 0.2) is 0 Å². The van der Waals surface area contributed by atoms with Crippen molar-refractivity contribution in [1.82, 2.24) is 15.0 Å². The van der Waals surface area contributed by atoms with Gasteiger partial charge >= 0.3 is 11.9 Å². The zero-order chi connectivity index (χ0) is 17.3. The molecule has 0 saturated carbocycles. The maximum Gasteiger partial charge on any atom is 0.419 e. The number of H-pyrrole nitrogens is 2. The lowest BCUT2D eigenvalue weighted by molar-refractivity contribution is -0.137. The van der Waals surface area contributed by atoms with Crippen LogP contribution in [0.3, 0.4) is 0 Å². The maximum atomic E-state index is 13.0. The standard InChI is InChI=1S/C14H14F3N5O2/c15-14(16,17)9-2-1-4-18-12(9)19-8-3-5-22(7-8)10-6-11(23)21-13(24)20-10/h1-2,4,6,8H,3,5,7H2,(H,18,19)(H2,20,21,23,24)/t8-/m1/s1. The molecule has 128 valence electrons. The molecule has 0 bridgehead atoms. The lowest BCUT2D eigenvalue weighted by Crippen LogP contribution is -2.31. The number of alkyl halides is 3. The molecule has 2 aromatic rings. The molecule has 1 fully saturated rings. The van der Waals surface area contributed by atoms with E-state index in [-0.39, 0.29) is 11.9 Å². The number of aromatic amines is 2. The highest BCUT2D eigenvalue weighted by Gasteiger charge is 2.35. The molecule has 10 heteroatoms. The van der Waals surface area contributed by atoms with E-state index < -0.39 is 23.0 Å². The molecule has 1 saturated heterocycles. The summed E-state index contributed by atoms with van der Waals surface area (Å²) in [5.41, 5.74) is -1.99. The van der Waals surface area contributed by atoms with Gasteiger partial charge in [0, 0.05) is 31.4 Å². The molecule has 3 N–H and O–H groups in total. The molecular weight excluding hydrogens is 327 g/mol. The van der Waals surface area contributed by atoms with Crippen LogP contribution in [-0.2, 0) is 6.18 Å². The molecule has 24 heavy (non-hydrogen) atoms. The van der Waals surface area contributed by atoms with Crippen LogP contribution in [0.25, 0.3) is 0 Å². The number of nitrogens with zero attached hydrogens (tertiary/aromatic N) is 2. The minimum absolute atomic E-state index is 0.226. The van der Waals surface area contributed by atoms with E-state index in [9.17, 15) is 22.8 Å². The van der Waals surface area contributed by atoms with E-state index in [1.807, 2.05) is 0 Å². The fourth-order valence-electron chi connectivity index (χ4n) is 2.67. The number of hydrogen-bond donors (Lipinski definition) is 3. The third-order valence-electron chi connectivity index (χ3n) is 3.73. The van der Waals surface area contributed by atoms with E-state index in [1.54, 1.807) is 4.90 Å². The molecule has 7 nitrogen and oxygen atoms in total. The number of halogens is 3. The second-order valence-electron chi connectivity index (χ2n) is 5.45. The summed E-state index contributed by atoms with van der Waals surface area (Å²) < 4.78 is 39.0. The van der Waals surface area contributed by atoms with Gasteiger partial charge in [-0.3, -0.25) is 14.8 Å². The van der Waals surface area contributed by atoms with E-state index in [4.69, 9.17) is 0 Å². The van der Waals surface area contributed by atoms with E-state index in [0.29, 0.717) is 25.3 Å². The third-order valence-corrected chi connectivity index (χ3v) is 3.73. The lowest BCUT2D eigenvalue weighted by Gasteiger charge is -2.19. The minimum Gasteiger partial charge on any atom is -0.365 e. The Balaban J connectivity index is 1.76. The number of nitrogens with one attached hydrogen (secondary N) is 3. The summed E-state index contributed by atoms with van der Waals surface area (Å²) >= 11 is 0. The third kappa shape index (κ3) is 3.42. The molecule has 0 unspecified atom stereocenters. The van der Waals surface area contributed by atoms with Crippen LogP contribution >= 0.6 is 0 Å². The Kier molecular flexibility index (Phi) is 4.04. The van der Waals surface area contributed by atoms with E-state index in [0.717, 1.165) is 6.07 Å². The Labute approximate surface area is 133 Å². The van der Waals surface area contributed by atoms with Crippen molar-refractivity contribution in [1.29, 1.82) is 0 Å². The fourth-order valence-corrected chi connectivity index (χ4v) is 2.67. The molecule has 0 spiro atoms. The topological polar surface area (TPSA) is 93.9 Å². The van der Waals surface area contributed by atoms with Crippen molar-refractivity contribution in [2.45, 2.75) is 18.6 Å². The van der Waals surface area contributed by atoms with Gasteiger partial charge in [-0.15, -0.1) is 0 Å². The molecule has 0 aromatic carbocycles. The van der Waals surface area contributed by atoms with Crippen molar-refractivity contribution in [2.75, 3.05) is 23.3 Å². The average Bonchev–Trinajstić information content (AvgIpc) is 2.94. The molecule has 3 rings (SSSR count). The highest BCUT2D eigenvalue weighted by molar-refractivity contribution is 5.48. The van der Waals surface area contributed by atoms with Crippen molar-refractivity contribution in [2.24, 2.45) is 0 Å². The predicted octanol–water partition coefficient (Wildman–Crippen LogP) is 1.17. The summed E-state index contributed by atoms with van der Waals surface area (Å²) in [6, 6.07) is 3.15. The molecule has 1 atom stereocenters. The largest absolute Gasteiger partial charge is 0.419 e. The first-order valence-corrected chi connectivity index (χ1v) is 7.20. The van der Waals surface area contributed by atoms with Gasteiger partial charge in [0.25, 0.3) is 5.56 Å². The molecule has 0 radical (unpaired) electrons. The molecule has 1 aliphatic rings. The summed E-state index contributed by atoms with van der Waals surface area (Å²) in [6.45, 7) is 0.832. The van der Waals surface area contributed by atoms with Gasteiger partial charge < -0.3 is 10.2 Å².